The van der Waals surface area contributed by atoms with E-state index in [1.54, 1.807) is 0 Å². The van der Waals surface area contributed by atoms with Gasteiger partial charge < -0.3 is 27.1 Å². The number of hydrogen-bond donors (Lipinski definition) is 5. The molecule has 8 nitrogen and oxygen atoms in total. The molecule has 3 aromatic rings. The van der Waals surface area contributed by atoms with Gasteiger partial charge in [-0.15, -0.1) is 0 Å². The van der Waals surface area contributed by atoms with Crippen molar-refractivity contribution >= 4 is 46.0 Å². The topological polar surface area (TPSA) is 138 Å². The van der Waals surface area contributed by atoms with Crippen LogP contribution in [0, 0.1) is 5.82 Å². The number of benzene rings is 2. The third-order valence-corrected chi connectivity index (χ3v) is 5.99. The molecule has 0 bridgehead atoms. The lowest BCUT2D eigenvalue weighted by Crippen LogP contribution is -2.43. The first-order valence-electron chi connectivity index (χ1n) is 10.6. The highest BCUT2D eigenvalue weighted by molar-refractivity contribution is 6.39. The molecule has 0 radical (unpaired) electrons. The molecule has 33 heavy (non-hydrogen) atoms. The van der Waals surface area contributed by atoms with E-state index in [2.05, 4.69) is 20.6 Å². The minimum absolute atomic E-state index is 0.0843. The molecule has 2 amide bonds. The van der Waals surface area contributed by atoms with E-state index in [0.29, 0.717) is 6.42 Å². The van der Waals surface area contributed by atoms with E-state index in [1.807, 2.05) is 24.3 Å². The fourth-order valence-electron chi connectivity index (χ4n) is 4.25. The molecule has 7 N–H and O–H groups in total. The van der Waals surface area contributed by atoms with Crippen LogP contribution in [0.2, 0.25) is 5.02 Å². The number of amides is 2. The average molecular weight is 471 g/mol. The Balaban J connectivity index is 1.67. The molecule has 1 aliphatic carbocycles. The number of halogens is 2. The van der Waals surface area contributed by atoms with Gasteiger partial charge in [-0.25, -0.2) is 9.38 Å². The van der Waals surface area contributed by atoms with Crippen molar-refractivity contribution in [3.63, 3.8) is 0 Å². The van der Waals surface area contributed by atoms with Gasteiger partial charge in [0.25, 0.3) is 0 Å². The van der Waals surface area contributed by atoms with E-state index in [1.165, 1.54) is 12.1 Å². The Morgan fingerprint density at radius 2 is 1.91 bits per heavy atom. The van der Waals surface area contributed by atoms with E-state index >= 15 is 0 Å². The van der Waals surface area contributed by atoms with Crippen LogP contribution in [-0.2, 0) is 16.0 Å². The van der Waals surface area contributed by atoms with Gasteiger partial charge in [-0.05, 0) is 43.5 Å². The second-order valence-corrected chi connectivity index (χ2v) is 8.37. The van der Waals surface area contributed by atoms with Crippen LogP contribution < -0.4 is 22.1 Å². The molecule has 2 aromatic carbocycles. The van der Waals surface area contributed by atoms with Crippen molar-refractivity contribution < 1.29 is 14.0 Å². The maximum atomic E-state index is 13.7. The first-order chi connectivity index (χ1) is 15.8. The molecule has 0 spiro atoms. The summed E-state index contributed by atoms with van der Waals surface area (Å²) in [5, 5.41) is 6.05. The third kappa shape index (κ3) is 4.93. The number of aromatic amines is 1. The summed E-state index contributed by atoms with van der Waals surface area (Å²) < 4.78 is 13.7. The van der Waals surface area contributed by atoms with Crippen molar-refractivity contribution in [2.75, 3.05) is 5.32 Å². The van der Waals surface area contributed by atoms with Crippen molar-refractivity contribution in [2.45, 2.75) is 37.8 Å². The molecule has 0 aliphatic heterocycles. The summed E-state index contributed by atoms with van der Waals surface area (Å²) in [6.45, 7) is 0. The van der Waals surface area contributed by atoms with Gasteiger partial charge in [0.05, 0.1) is 17.1 Å². The largest absolute Gasteiger partial charge is 0.370 e. The minimum atomic E-state index is -0.941. The fraction of sp³-hybridized carbons (Fsp3) is 0.261. The number of fused-ring (bicyclic) bond motifs is 3. The van der Waals surface area contributed by atoms with E-state index in [0.717, 1.165) is 47.5 Å². The number of nitrogens with two attached hydrogens (primary N) is 2. The van der Waals surface area contributed by atoms with Crippen LogP contribution in [0.3, 0.4) is 0 Å². The van der Waals surface area contributed by atoms with Gasteiger partial charge in [-0.2, -0.15) is 0 Å². The predicted octanol–water partition coefficient (Wildman–Crippen LogP) is 3.12. The van der Waals surface area contributed by atoms with Crippen LogP contribution in [-0.4, -0.2) is 28.8 Å². The Hall–Kier alpha value is -3.59. The van der Waals surface area contributed by atoms with E-state index in [-0.39, 0.29) is 16.7 Å². The highest BCUT2D eigenvalue weighted by atomic mass is 35.5. The van der Waals surface area contributed by atoms with Crippen molar-refractivity contribution in [3.8, 4) is 0 Å². The second-order valence-electron chi connectivity index (χ2n) is 7.96. The van der Waals surface area contributed by atoms with E-state index in [9.17, 15) is 14.0 Å². The van der Waals surface area contributed by atoms with Gasteiger partial charge >= 0.3 is 11.8 Å². The molecule has 0 unspecified atom stereocenters. The van der Waals surface area contributed by atoms with Crippen LogP contribution in [0.4, 0.5) is 10.1 Å². The number of guanidine groups is 1. The van der Waals surface area contributed by atoms with Crippen LogP contribution in [0.1, 0.15) is 36.6 Å². The van der Waals surface area contributed by atoms with Crippen molar-refractivity contribution in [2.24, 2.45) is 16.5 Å². The molecule has 0 fully saturated rings. The predicted molar refractivity (Wildman–Crippen MR) is 126 cm³/mol. The Kier molecular flexibility index (Phi) is 6.50. The highest BCUT2D eigenvalue weighted by Crippen LogP contribution is 2.35. The van der Waals surface area contributed by atoms with Gasteiger partial charge in [-0.3, -0.25) is 9.59 Å². The summed E-state index contributed by atoms with van der Waals surface area (Å²) in [5.74, 6) is -2.62. The molecule has 2 atom stereocenters. The lowest BCUT2D eigenvalue weighted by molar-refractivity contribution is -0.136. The zero-order valence-electron chi connectivity index (χ0n) is 17.7. The monoisotopic (exact) mass is 470 g/mol. The van der Waals surface area contributed by atoms with Crippen molar-refractivity contribution in [1.29, 1.82) is 0 Å². The lowest BCUT2D eigenvalue weighted by atomic mass is 9.88. The quantitative estimate of drug-likeness (QED) is 0.228. The molecule has 1 aliphatic rings. The first kappa shape index (κ1) is 22.6. The number of nitrogens with zero attached hydrogens (tertiary/aromatic N) is 1. The van der Waals surface area contributed by atoms with E-state index in [4.69, 9.17) is 23.1 Å². The molecule has 0 saturated heterocycles. The Bertz CT molecular complexity index is 1240. The Morgan fingerprint density at radius 1 is 1.12 bits per heavy atom. The van der Waals surface area contributed by atoms with Gasteiger partial charge in [0.1, 0.15) is 5.82 Å². The standard InChI is InChI=1S/C23H24ClFN6O2/c24-14-10-9-12(11-15(14)25)28-21(32)22(33)31-20-18(30-23(26)27)8-4-3-7-17-19(20)13-5-1-2-6-16(13)29-17/h1-2,5-6,9-11,18,20,29H,3-4,7-8H2,(H,28,32)(H,31,33)(H4,26,27,30)/t18-,20+/m0/s1. The number of aromatic nitrogens is 1. The summed E-state index contributed by atoms with van der Waals surface area (Å²) in [7, 11) is 0. The SMILES string of the molecule is NC(N)=N[C@H]1CCCCc2[nH]c3ccccc3c2[C@@H]1NC(=O)C(=O)Nc1ccc(Cl)c(F)c1. The van der Waals surface area contributed by atoms with Gasteiger partial charge in [0, 0.05) is 27.8 Å². The molecular weight excluding hydrogens is 447 g/mol. The fourth-order valence-corrected chi connectivity index (χ4v) is 4.37. The molecule has 1 aromatic heterocycles. The molecule has 0 saturated carbocycles. The zero-order chi connectivity index (χ0) is 23.5. The number of hydrogen-bond acceptors (Lipinski definition) is 3. The highest BCUT2D eigenvalue weighted by Gasteiger charge is 2.32. The maximum Gasteiger partial charge on any atom is 0.313 e. The van der Waals surface area contributed by atoms with E-state index < -0.39 is 29.7 Å². The smallest absolute Gasteiger partial charge is 0.313 e. The zero-order valence-corrected chi connectivity index (χ0v) is 18.5. The molecule has 1 heterocycles. The number of carbonyl (C=O) groups is 2. The Morgan fingerprint density at radius 3 is 2.67 bits per heavy atom. The molecular formula is C23H24ClFN6O2. The van der Waals surface area contributed by atoms with Crippen molar-refractivity contribution in [1.82, 2.24) is 10.3 Å². The summed E-state index contributed by atoms with van der Waals surface area (Å²) in [5.41, 5.74) is 14.2. The second kappa shape index (κ2) is 9.50. The van der Waals surface area contributed by atoms with Crippen molar-refractivity contribution in [3.05, 3.63) is 64.6 Å². The summed E-state index contributed by atoms with van der Waals surface area (Å²) in [4.78, 5) is 33.3. The molecule has 10 heteroatoms. The molecule has 4 rings (SSSR count). The number of aryl methyl sites for hydroxylation is 1. The molecule has 172 valence electrons. The maximum absolute atomic E-state index is 13.7. The summed E-state index contributed by atoms with van der Waals surface area (Å²) in [6.07, 6.45) is 3.20. The number of rotatable bonds is 3. The van der Waals surface area contributed by atoms with Gasteiger partial charge in [0.2, 0.25) is 0 Å². The normalized spacial score (nSPS) is 18.0. The van der Waals surface area contributed by atoms with Gasteiger partial charge in [-0.1, -0.05) is 36.2 Å². The average Bonchev–Trinajstić information content (AvgIpc) is 3.12. The Labute approximate surface area is 194 Å². The minimum Gasteiger partial charge on any atom is -0.370 e. The van der Waals surface area contributed by atoms with Crippen LogP contribution in [0.5, 0.6) is 0 Å². The summed E-state index contributed by atoms with van der Waals surface area (Å²) >= 11 is 5.68. The number of para-hydroxylation sites is 1. The van der Waals surface area contributed by atoms with Crippen LogP contribution in [0.15, 0.2) is 47.5 Å². The summed E-state index contributed by atoms with van der Waals surface area (Å²) in [6, 6.07) is 10.4. The number of H-pyrrole nitrogens is 1. The third-order valence-electron chi connectivity index (χ3n) is 5.69. The number of carbonyl (C=O) groups excluding carboxylic acids is 2. The van der Waals surface area contributed by atoms with Crippen LogP contribution >= 0.6 is 11.6 Å². The number of nitrogens with one attached hydrogen (secondary N) is 3. The number of aliphatic imine (C=N–C) groups is 1. The van der Waals surface area contributed by atoms with Crippen LogP contribution in [0.25, 0.3) is 10.9 Å². The number of anilines is 1. The first-order valence-corrected chi connectivity index (χ1v) is 11.0. The van der Waals surface area contributed by atoms with Gasteiger partial charge in [0.15, 0.2) is 5.96 Å². The lowest BCUT2D eigenvalue weighted by Gasteiger charge is -2.28.